The molecule has 1 fully saturated rings. The van der Waals surface area contributed by atoms with Crippen molar-refractivity contribution in [3.8, 4) is 0 Å². The summed E-state index contributed by atoms with van der Waals surface area (Å²) < 4.78 is 5.37. The highest BCUT2D eigenvalue weighted by Gasteiger charge is 2.26. The van der Waals surface area contributed by atoms with E-state index in [9.17, 15) is 4.79 Å². The van der Waals surface area contributed by atoms with Gasteiger partial charge < -0.3 is 9.64 Å². The molecule has 1 heterocycles. The molecule has 0 unspecified atom stereocenters. The average molecular weight is 225 g/mol. The van der Waals surface area contributed by atoms with Gasteiger partial charge in [-0.2, -0.15) is 0 Å². The number of carbonyl (C=O) groups is 1. The van der Waals surface area contributed by atoms with Gasteiger partial charge in [0.2, 0.25) is 0 Å². The maximum Gasteiger partial charge on any atom is 0.410 e. The summed E-state index contributed by atoms with van der Waals surface area (Å²) in [7, 11) is 0. The first-order chi connectivity index (χ1) is 7.42. The molecule has 0 aliphatic carbocycles. The molecule has 0 saturated carbocycles. The molecule has 1 saturated heterocycles. The topological polar surface area (TPSA) is 29.5 Å². The van der Waals surface area contributed by atoms with Crippen LogP contribution in [0.2, 0.25) is 0 Å². The number of rotatable bonds is 1. The number of hydrogen-bond acceptors (Lipinski definition) is 2. The zero-order valence-corrected chi connectivity index (χ0v) is 10.8. The third-order valence-electron chi connectivity index (χ3n) is 2.57. The number of piperidine rings is 1. The molecular formula is C13H23NO2. The Morgan fingerprint density at radius 1 is 1.44 bits per heavy atom. The highest BCUT2D eigenvalue weighted by Crippen LogP contribution is 2.20. The van der Waals surface area contributed by atoms with Crippen LogP contribution in [0.5, 0.6) is 0 Å². The van der Waals surface area contributed by atoms with E-state index in [1.54, 1.807) is 0 Å². The van der Waals surface area contributed by atoms with E-state index in [1.807, 2.05) is 32.6 Å². The minimum absolute atomic E-state index is 0.179. The van der Waals surface area contributed by atoms with Crippen LogP contribution in [0.3, 0.4) is 0 Å². The molecular weight excluding hydrogens is 202 g/mol. The number of nitrogens with zero attached hydrogens (tertiary/aromatic N) is 1. The van der Waals surface area contributed by atoms with Gasteiger partial charge in [-0.25, -0.2) is 4.79 Å². The maximum atomic E-state index is 11.8. The molecule has 0 aromatic rings. The first kappa shape index (κ1) is 13.1. The second-order valence-electron chi connectivity index (χ2n) is 5.35. The van der Waals surface area contributed by atoms with E-state index in [0.29, 0.717) is 5.92 Å². The Morgan fingerprint density at radius 3 is 2.69 bits per heavy atom. The molecule has 0 spiro atoms. The van der Waals surface area contributed by atoms with Gasteiger partial charge >= 0.3 is 6.09 Å². The lowest BCUT2D eigenvalue weighted by atomic mass is 9.98. The number of allylic oxidation sites excluding steroid dienone is 1. The van der Waals surface area contributed by atoms with E-state index in [4.69, 9.17) is 4.74 Å². The zero-order chi connectivity index (χ0) is 12.2. The van der Waals surface area contributed by atoms with E-state index >= 15 is 0 Å². The molecule has 0 radical (unpaired) electrons. The van der Waals surface area contributed by atoms with Gasteiger partial charge in [-0.3, -0.25) is 0 Å². The molecule has 1 aliphatic heterocycles. The summed E-state index contributed by atoms with van der Waals surface area (Å²) >= 11 is 0. The van der Waals surface area contributed by atoms with E-state index in [1.165, 1.54) is 6.42 Å². The van der Waals surface area contributed by atoms with Gasteiger partial charge in [-0.1, -0.05) is 12.2 Å². The second kappa shape index (κ2) is 5.37. The van der Waals surface area contributed by atoms with Crippen LogP contribution in [0.25, 0.3) is 0 Å². The van der Waals surface area contributed by atoms with E-state index in [2.05, 4.69) is 12.2 Å². The van der Waals surface area contributed by atoms with Crippen LogP contribution >= 0.6 is 0 Å². The Kier molecular flexibility index (Phi) is 4.39. The summed E-state index contributed by atoms with van der Waals surface area (Å²) in [5.41, 5.74) is -0.398. The lowest BCUT2D eigenvalue weighted by Gasteiger charge is -2.33. The van der Waals surface area contributed by atoms with Gasteiger partial charge in [-0.05, 0) is 46.5 Å². The van der Waals surface area contributed by atoms with Crippen LogP contribution in [0, 0.1) is 5.92 Å². The standard InChI is InChI=1S/C13H23NO2/c1-5-7-11-8-6-9-14(10-11)12(15)16-13(2,3)4/h5,7,11H,6,8-10H2,1-4H3/b7-5+/t11-/m1/s1. The van der Waals surface area contributed by atoms with Crippen molar-refractivity contribution in [2.24, 2.45) is 5.92 Å². The summed E-state index contributed by atoms with van der Waals surface area (Å²) in [6.45, 7) is 9.34. The molecule has 1 atom stereocenters. The van der Waals surface area contributed by atoms with Gasteiger partial charge in [0.1, 0.15) is 5.60 Å². The zero-order valence-electron chi connectivity index (χ0n) is 10.8. The molecule has 1 amide bonds. The summed E-state index contributed by atoms with van der Waals surface area (Å²) in [5.74, 6) is 0.492. The van der Waals surface area contributed by atoms with Crippen LogP contribution < -0.4 is 0 Å². The number of hydrogen-bond donors (Lipinski definition) is 0. The molecule has 1 aliphatic rings. The van der Waals surface area contributed by atoms with Gasteiger partial charge in [0, 0.05) is 13.1 Å². The quantitative estimate of drug-likeness (QED) is 0.641. The van der Waals surface area contributed by atoms with Crippen LogP contribution in [0.15, 0.2) is 12.2 Å². The van der Waals surface area contributed by atoms with Gasteiger partial charge in [0.25, 0.3) is 0 Å². The molecule has 0 bridgehead atoms. The van der Waals surface area contributed by atoms with Gasteiger partial charge in [0.05, 0.1) is 0 Å². The molecule has 3 nitrogen and oxygen atoms in total. The number of carbonyl (C=O) groups excluding carboxylic acids is 1. The molecule has 3 heteroatoms. The monoisotopic (exact) mass is 225 g/mol. The smallest absolute Gasteiger partial charge is 0.410 e. The Balaban J connectivity index is 2.50. The fraction of sp³-hybridized carbons (Fsp3) is 0.769. The lowest BCUT2D eigenvalue weighted by Crippen LogP contribution is -2.42. The van der Waals surface area contributed by atoms with E-state index in [0.717, 1.165) is 19.5 Å². The molecule has 0 aromatic carbocycles. The van der Waals surface area contributed by atoms with Crippen molar-refractivity contribution in [1.29, 1.82) is 0 Å². The number of likely N-dealkylation sites (tertiary alicyclic amines) is 1. The number of ether oxygens (including phenoxy) is 1. The van der Waals surface area contributed by atoms with Crippen molar-refractivity contribution in [1.82, 2.24) is 4.90 Å². The third kappa shape index (κ3) is 4.25. The second-order valence-corrected chi connectivity index (χ2v) is 5.35. The minimum atomic E-state index is -0.398. The van der Waals surface area contributed by atoms with Crippen molar-refractivity contribution in [2.45, 2.75) is 46.1 Å². The Labute approximate surface area is 98.5 Å². The third-order valence-corrected chi connectivity index (χ3v) is 2.57. The van der Waals surface area contributed by atoms with Crippen molar-refractivity contribution >= 4 is 6.09 Å². The van der Waals surface area contributed by atoms with Crippen molar-refractivity contribution < 1.29 is 9.53 Å². The number of amides is 1. The highest BCUT2D eigenvalue weighted by atomic mass is 16.6. The largest absolute Gasteiger partial charge is 0.444 e. The highest BCUT2D eigenvalue weighted by molar-refractivity contribution is 5.68. The summed E-state index contributed by atoms with van der Waals surface area (Å²) in [6, 6.07) is 0. The predicted molar refractivity (Wildman–Crippen MR) is 65.3 cm³/mol. The van der Waals surface area contributed by atoms with Crippen LogP contribution in [0.4, 0.5) is 4.79 Å². The normalized spacial score (nSPS) is 22.5. The molecule has 1 rings (SSSR count). The van der Waals surface area contributed by atoms with Crippen LogP contribution in [-0.2, 0) is 4.74 Å². The average Bonchev–Trinajstić information content (AvgIpc) is 2.16. The van der Waals surface area contributed by atoms with E-state index < -0.39 is 5.60 Å². The fourth-order valence-electron chi connectivity index (χ4n) is 1.93. The SMILES string of the molecule is C/C=C/[C@@H]1CCCN(C(=O)OC(C)(C)C)C1. The minimum Gasteiger partial charge on any atom is -0.444 e. The van der Waals surface area contributed by atoms with Crippen molar-refractivity contribution in [2.75, 3.05) is 13.1 Å². The van der Waals surface area contributed by atoms with E-state index in [-0.39, 0.29) is 6.09 Å². The molecule has 0 aromatic heterocycles. The van der Waals surface area contributed by atoms with Crippen molar-refractivity contribution in [3.63, 3.8) is 0 Å². The summed E-state index contributed by atoms with van der Waals surface area (Å²) in [6.07, 6.45) is 6.29. The van der Waals surface area contributed by atoms with Crippen molar-refractivity contribution in [3.05, 3.63) is 12.2 Å². The Morgan fingerprint density at radius 2 is 2.12 bits per heavy atom. The first-order valence-corrected chi connectivity index (χ1v) is 6.03. The fourth-order valence-corrected chi connectivity index (χ4v) is 1.93. The predicted octanol–water partition coefficient (Wildman–Crippen LogP) is 3.21. The van der Waals surface area contributed by atoms with Gasteiger partial charge in [0.15, 0.2) is 0 Å². The van der Waals surface area contributed by atoms with Gasteiger partial charge in [-0.15, -0.1) is 0 Å². The molecule has 0 N–H and O–H groups in total. The van der Waals surface area contributed by atoms with Crippen LogP contribution in [0.1, 0.15) is 40.5 Å². The summed E-state index contributed by atoms with van der Waals surface area (Å²) in [5, 5.41) is 0. The Bertz CT molecular complexity index is 266. The first-order valence-electron chi connectivity index (χ1n) is 6.03. The van der Waals surface area contributed by atoms with Crippen LogP contribution in [-0.4, -0.2) is 29.7 Å². The molecule has 92 valence electrons. The summed E-state index contributed by atoms with van der Waals surface area (Å²) in [4.78, 5) is 13.7. The molecule has 16 heavy (non-hydrogen) atoms. The Hall–Kier alpha value is -0.990. The maximum absolute atomic E-state index is 11.8. The lowest BCUT2D eigenvalue weighted by molar-refractivity contribution is 0.0187.